The van der Waals surface area contributed by atoms with Gasteiger partial charge in [-0.3, -0.25) is 0 Å². The zero-order valence-corrected chi connectivity index (χ0v) is 10.1. The average Bonchev–Trinajstić information content (AvgIpc) is 3.00. The lowest BCUT2D eigenvalue weighted by atomic mass is 10.1. The molecule has 0 atom stereocenters. The number of aromatic nitrogens is 2. The number of rotatable bonds is 4. The molecule has 0 bridgehead atoms. The SMILES string of the molecule is Cc1ccc(-n2ccnc2)c(CNC2CC2)c1. The van der Waals surface area contributed by atoms with Crippen molar-refractivity contribution in [2.45, 2.75) is 32.4 Å². The summed E-state index contributed by atoms with van der Waals surface area (Å²) in [7, 11) is 0. The van der Waals surface area contributed by atoms with Crippen LogP contribution >= 0.6 is 0 Å². The lowest BCUT2D eigenvalue weighted by Crippen LogP contribution is -2.16. The standard InChI is InChI=1S/C14H17N3/c1-11-2-5-14(17-7-6-15-10-17)12(8-11)9-16-13-3-4-13/h2,5-8,10,13,16H,3-4,9H2,1H3. The zero-order chi connectivity index (χ0) is 11.7. The quantitative estimate of drug-likeness (QED) is 0.869. The second-order valence-electron chi connectivity index (χ2n) is 4.76. The van der Waals surface area contributed by atoms with Gasteiger partial charge in [-0.25, -0.2) is 4.98 Å². The molecule has 0 saturated heterocycles. The van der Waals surface area contributed by atoms with Gasteiger partial charge in [-0.15, -0.1) is 0 Å². The Morgan fingerprint density at radius 1 is 1.41 bits per heavy atom. The van der Waals surface area contributed by atoms with Gasteiger partial charge < -0.3 is 9.88 Å². The Morgan fingerprint density at radius 2 is 2.29 bits per heavy atom. The minimum Gasteiger partial charge on any atom is -0.310 e. The second-order valence-corrected chi connectivity index (χ2v) is 4.76. The van der Waals surface area contributed by atoms with Crippen LogP contribution in [0.1, 0.15) is 24.0 Å². The Balaban J connectivity index is 1.89. The second kappa shape index (κ2) is 4.34. The number of nitrogens with one attached hydrogen (secondary N) is 1. The van der Waals surface area contributed by atoms with E-state index in [-0.39, 0.29) is 0 Å². The topological polar surface area (TPSA) is 29.9 Å². The molecule has 1 aromatic heterocycles. The predicted octanol–water partition coefficient (Wildman–Crippen LogP) is 2.43. The first kappa shape index (κ1) is 10.5. The summed E-state index contributed by atoms with van der Waals surface area (Å²) in [5.74, 6) is 0. The van der Waals surface area contributed by atoms with Gasteiger partial charge in [-0.2, -0.15) is 0 Å². The molecule has 0 unspecified atom stereocenters. The Morgan fingerprint density at radius 3 is 3.00 bits per heavy atom. The summed E-state index contributed by atoms with van der Waals surface area (Å²) in [5.41, 5.74) is 3.87. The summed E-state index contributed by atoms with van der Waals surface area (Å²) < 4.78 is 2.07. The van der Waals surface area contributed by atoms with E-state index in [4.69, 9.17) is 0 Å². The van der Waals surface area contributed by atoms with Gasteiger partial charge in [0.2, 0.25) is 0 Å². The predicted molar refractivity (Wildman–Crippen MR) is 68.2 cm³/mol. The van der Waals surface area contributed by atoms with Crippen molar-refractivity contribution in [3.05, 3.63) is 48.0 Å². The molecule has 1 aliphatic rings. The van der Waals surface area contributed by atoms with Crippen molar-refractivity contribution in [3.8, 4) is 5.69 Å². The Kier molecular flexibility index (Phi) is 2.69. The number of imidazole rings is 1. The molecule has 0 radical (unpaired) electrons. The van der Waals surface area contributed by atoms with E-state index in [1.165, 1.54) is 29.7 Å². The molecule has 1 fully saturated rings. The average molecular weight is 227 g/mol. The fourth-order valence-corrected chi connectivity index (χ4v) is 2.05. The van der Waals surface area contributed by atoms with Crippen LogP contribution in [0.25, 0.3) is 5.69 Å². The molecule has 0 amide bonds. The third-order valence-corrected chi connectivity index (χ3v) is 3.18. The number of nitrogens with zero attached hydrogens (tertiary/aromatic N) is 2. The Hall–Kier alpha value is -1.61. The molecule has 1 aliphatic carbocycles. The molecule has 88 valence electrons. The van der Waals surface area contributed by atoms with Gasteiger partial charge in [0.15, 0.2) is 0 Å². The summed E-state index contributed by atoms with van der Waals surface area (Å²) in [5, 5.41) is 3.57. The molecule has 1 saturated carbocycles. The summed E-state index contributed by atoms with van der Waals surface area (Å²) in [6, 6.07) is 7.31. The van der Waals surface area contributed by atoms with Gasteiger partial charge in [-0.1, -0.05) is 17.7 Å². The molecular weight excluding hydrogens is 210 g/mol. The maximum atomic E-state index is 4.11. The lowest BCUT2D eigenvalue weighted by molar-refractivity contribution is 0.684. The molecule has 1 aromatic carbocycles. The van der Waals surface area contributed by atoms with Crippen LogP contribution < -0.4 is 5.32 Å². The van der Waals surface area contributed by atoms with E-state index < -0.39 is 0 Å². The maximum absolute atomic E-state index is 4.11. The third-order valence-electron chi connectivity index (χ3n) is 3.18. The monoisotopic (exact) mass is 227 g/mol. The van der Waals surface area contributed by atoms with Crippen molar-refractivity contribution in [1.29, 1.82) is 0 Å². The molecule has 1 heterocycles. The first-order valence-corrected chi connectivity index (χ1v) is 6.14. The molecule has 1 N–H and O–H groups in total. The van der Waals surface area contributed by atoms with E-state index >= 15 is 0 Å². The minimum atomic E-state index is 0.742. The summed E-state index contributed by atoms with van der Waals surface area (Å²) in [4.78, 5) is 4.11. The van der Waals surface area contributed by atoms with Gasteiger partial charge in [0.25, 0.3) is 0 Å². The van der Waals surface area contributed by atoms with Crippen molar-refractivity contribution in [1.82, 2.24) is 14.9 Å². The van der Waals surface area contributed by atoms with Crippen LogP contribution in [0.5, 0.6) is 0 Å². The number of benzene rings is 1. The van der Waals surface area contributed by atoms with Crippen molar-refractivity contribution in [3.63, 3.8) is 0 Å². The number of hydrogen-bond acceptors (Lipinski definition) is 2. The van der Waals surface area contributed by atoms with E-state index in [0.717, 1.165) is 12.6 Å². The molecule has 0 aliphatic heterocycles. The van der Waals surface area contributed by atoms with Crippen molar-refractivity contribution in [2.75, 3.05) is 0 Å². The first-order valence-electron chi connectivity index (χ1n) is 6.14. The van der Waals surface area contributed by atoms with Crippen LogP contribution in [0.3, 0.4) is 0 Å². The molecule has 3 heteroatoms. The van der Waals surface area contributed by atoms with Crippen LogP contribution in [-0.2, 0) is 6.54 Å². The van der Waals surface area contributed by atoms with Crippen LogP contribution in [0, 0.1) is 6.92 Å². The van der Waals surface area contributed by atoms with Crippen molar-refractivity contribution >= 4 is 0 Å². The van der Waals surface area contributed by atoms with Crippen LogP contribution in [0.15, 0.2) is 36.9 Å². The van der Waals surface area contributed by atoms with Crippen LogP contribution in [0.2, 0.25) is 0 Å². The minimum absolute atomic E-state index is 0.742. The van der Waals surface area contributed by atoms with E-state index in [0.29, 0.717) is 0 Å². The molecule has 3 rings (SSSR count). The van der Waals surface area contributed by atoms with Crippen LogP contribution in [0.4, 0.5) is 0 Å². The van der Waals surface area contributed by atoms with Gasteiger partial charge in [-0.05, 0) is 31.4 Å². The number of hydrogen-bond donors (Lipinski definition) is 1. The highest BCUT2D eigenvalue weighted by Gasteiger charge is 2.20. The normalized spacial score (nSPS) is 15.1. The highest BCUT2D eigenvalue weighted by molar-refractivity contribution is 5.43. The van der Waals surface area contributed by atoms with E-state index in [9.17, 15) is 0 Å². The largest absolute Gasteiger partial charge is 0.310 e. The van der Waals surface area contributed by atoms with E-state index in [1.54, 1.807) is 0 Å². The fourth-order valence-electron chi connectivity index (χ4n) is 2.05. The highest BCUT2D eigenvalue weighted by atomic mass is 15.0. The van der Waals surface area contributed by atoms with E-state index in [2.05, 4.69) is 40.0 Å². The maximum Gasteiger partial charge on any atom is 0.0991 e. The van der Waals surface area contributed by atoms with Gasteiger partial charge in [0, 0.05) is 25.0 Å². The Labute approximate surface area is 101 Å². The van der Waals surface area contributed by atoms with Gasteiger partial charge in [0.1, 0.15) is 0 Å². The Bertz CT molecular complexity index is 498. The zero-order valence-electron chi connectivity index (χ0n) is 10.1. The van der Waals surface area contributed by atoms with Crippen molar-refractivity contribution < 1.29 is 0 Å². The molecule has 2 aromatic rings. The van der Waals surface area contributed by atoms with Crippen LogP contribution in [-0.4, -0.2) is 15.6 Å². The smallest absolute Gasteiger partial charge is 0.0991 e. The molecular formula is C14H17N3. The summed E-state index contributed by atoms with van der Waals surface area (Å²) in [6.45, 7) is 3.08. The summed E-state index contributed by atoms with van der Waals surface area (Å²) in [6.07, 6.45) is 8.31. The van der Waals surface area contributed by atoms with E-state index in [1.807, 2.05) is 18.7 Å². The molecule has 17 heavy (non-hydrogen) atoms. The molecule has 0 spiro atoms. The number of aryl methyl sites for hydroxylation is 1. The third kappa shape index (κ3) is 2.39. The highest BCUT2D eigenvalue weighted by Crippen LogP contribution is 2.21. The van der Waals surface area contributed by atoms with Gasteiger partial charge >= 0.3 is 0 Å². The van der Waals surface area contributed by atoms with Gasteiger partial charge in [0.05, 0.1) is 12.0 Å². The van der Waals surface area contributed by atoms with Crippen molar-refractivity contribution in [2.24, 2.45) is 0 Å². The fraction of sp³-hybridized carbons (Fsp3) is 0.357. The lowest BCUT2D eigenvalue weighted by Gasteiger charge is -2.12. The molecule has 3 nitrogen and oxygen atoms in total. The first-order chi connectivity index (χ1) is 8.33. The summed E-state index contributed by atoms with van der Waals surface area (Å²) >= 11 is 0.